The van der Waals surface area contributed by atoms with Crippen LogP contribution in [0.15, 0.2) is 23.1 Å². The number of benzene rings is 1. The molecule has 0 saturated carbocycles. The fourth-order valence-electron chi connectivity index (χ4n) is 1.34. The van der Waals surface area contributed by atoms with Crippen molar-refractivity contribution in [2.75, 3.05) is 19.9 Å². The van der Waals surface area contributed by atoms with Gasteiger partial charge in [-0.25, -0.2) is 12.8 Å². The molecule has 6 heteroatoms. The van der Waals surface area contributed by atoms with Crippen molar-refractivity contribution < 1.29 is 17.5 Å². The summed E-state index contributed by atoms with van der Waals surface area (Å²) in [4.78, 5) is -0.376. The minimum absolute atomic E-state index is 0.288. The second-order valence-corrected chi connectivity index (χ2v) is 5.42. The van der Waals surface area contributed by atoms with E-state index in [0.29, 0.717) is 12.1 Å². The molecule has 0 aliphatic heterocycles. The molecule has 0 amide bonds. The molecule has 94 valence electrons. The standard InChI is InChI=1S/C11H14FNO3S/c1-16-10-7-11(17(2,14)15)9(12)6-8(10)4-3-5-13/h3-4,6-7H,5,13H2,1-2H3/b4-3+. The van der Waals surface area contributed by atoms with Crippen molar-refractivity contribution in [3.8, 4) is 5.75 Å². The van der Waals surface area contributed by atoms with Gasteiger partial charge in [0.15, 0.2) is 9.84 Å². The smallest absolute Gasteiger partial charge is 0.178 e. The third kappa shape index (κ3) is 3.28. The normalized spacial score (nSPS) is 12.0. The summed E-state index contributed by atoms with van der Waals surface area (Å²) < 4.78 is 41.2. The molecule has 0 fully saturated rings. The topological polar surface area (TPSA) is 69.4 Å². The monoisotopic (exact) mass is 259 g/mol. The molecule has 17 heavy (non-hydrogen) atoms. The van der Waals surface area contributed by atoms with E-state index >= 15 is 0 Å². The molecule has 0 heterocycles. The summed E-state index contributed by atoms with van der Waals surface area (Å²) >= 11 is 0. The first-order chi connectivity index (χ1) is 7.90. The molecule has 1 aromatic rings. The highest BCUT2D eigenvalue weighted by atomic mass is 32.2. The Kier molecular flexibility index (Phi) is 4.25. The summed E-state index contributed by atoms with van der Waals surface area (Å²) in [6.45, 7) is 0.304. The molecular formula is C11H14FNO3S. The second-order valence-electron chi connectivity index (χ2n) is 3.43. The van der Waals surface area contributed by atoms with Crippen LogP contribution >= 0.6 is 0 Å². The van der Waals surface area contributed by atoms with Gasteiger partial charge >= 0.3 is 0 Å². The van der Waals surface area contributed by atoms with Crippen LogP contribution in [0.25, 0.3) is 6.08 Å². The quantitative estimate of drug-likeness (QED) is 0.882. The van der Waals surface area contributed by atoms with E-state index in [9.17, 15) is 12.8 Å². The molecule has 0 spiro atoms. The average molecular weight is 259 g/mol. The molecule has 2 N–H and O–H groups in total. The SMILES string of the molecule is COc1cc(S(C)(=O)=O)c(F)cc1/C=C/CN. The van der Waals surface area contributed by atoms with Crippen molar-refractivity contribution >= 4 is 15.9 Å². The Hall–Kier alpha value is -1.40. The van der Waals surface area contributed by atoms with Crippen LogP contribution in [0, 0.1) is 5.82 Å². The zero-order valence-corrected chi connectivity index (χ0v) is 10.4. The van der Waals surface area contributed by atoms with Gasteiger partial charge in [0.1, 0.15) is 16.5 Å². The molecule has 0 bridgehead atoms. The van der Waals surface area contributed by atoms with Crippen LogP contribution in [0.4, 0.5) is 4.39 Å². The van der Waals surface area contributed by atoms with Gasteiger partial charge in [-0.05, 0) is 6.07 Å². The van der Waals surface area contributed by atoms with E-state index in [0.717, 1.165) is 12.3 Å². The van der Waals surface area contributed by atoms with Crippen molar-refractivity contribution in [2.45, 2.75) is 4.90 Å². The Morgan fingerprint density at radius 3 is 2.59 bits per heavy atom. The maximum Gasteiger partial charge on any atom is 0.178 e. The van der Waals surface area contributed by atoms with E-state index < -0.39 is 15.7 Å². The van der Waals surface area contributed by atoms with Gasteiger partial charge in [0.25, 0.3) is 0 Å². The van der Waals surface area contributed by atoms with Crippen LogP contribution in [0.2, 0.25) is 0 Å². The van der Waals surface area contributed by atoms with Crippen LogP contribution in [0.3, 0.4) is 0 Å². The largest absolute Gasteiger partial charge is 0.496 e. The number of ether oxygens (including phenoxy) is 1. The maximum atomic E-state index is 13.6. The van der Waals surface area contributed by atoms with E-state index in [1.807, 2.05) is 0 Å². The predicted molar refractivity (Wildman–Crippen MR) is 64.2 cm³/mol. The van der Waals surface area contributed by atoms with Crippen LogP contribution in [-0.2, 0) is 9.84 Å². The lowest BCUT2D eigenvalue weighted by Crippen LogP contribution is -2.02. The maximum absolute atomic E-state index is 13.6. The summed E-state index contributed by atoms with van der Waals surface area (Å²) in [5, 5.41) is 0. The van der Waals surface area contributed by atoms with E-state index in [1.165, 1.54) is 13.2 Å². The van der Waals surface area contributed by atoms with Gasteiger partial charge in [-0.1, -0.05) is 12.2 Å². The fraction of sp³-hybridized carbons (Fsp3) is 0.273. The van der Waals surface area contributed by atoms with E-state index in [2.05, 4.69) is 0 Å². The Labute approximate surface area is 99.8 Å². The summed E-state index contributed by atoms with van der Waals surface area (Å²) in [6, 6.07) is 2.28. The summed E-state index contributed by atoms with van der Waals surface area (Å²) in [5.74, 6) is -0.513. The van der Waals surface area contributed by atoms with Crippen molar-refractivity contribution in [2.24, 2.45) is 5.73 Å². The van der Waals surface area contributed by atoms with Crippen LogP contribution in [-0.4, -0.2) is 28.3 Å². The van der Waals surface area contributed by atoms with Crippen LogP contribution in [0.5, 0.6) is 5.75 Å². The molecule has 0 aliphatic carbocycles. The van der Waals surface area contributed by atoms with Gasteiger partial charge in [-0.15, -0.1) is 0 Å². The lowest BCUT2D eigenvalue weighted by molar-refractivity contribution is 0.410. The third-order valence-electron chi connectivity index (χ3n) is 2.12. The summed E-state index contributed by atoms with van der Waals surface area (Å²) in [5.41, 5.74) is 5.73. The zero-order chi connectivity index (χ0) is 13.1. The Balaban J connectivity index is 3.40. The van der Waals surface area contributed by atoms with Gasteiger partial charge in [-0.3, -0.25) is 0 Å². The number of hydrogen-bond acceptors (Lipinski definition) is 4. The van der Waals surface area contributed by atoms with E-state index in [1.54, 1.807) is 12.2 Å². The van der Waals surface area contributed by atoms with Crippen LogP contribution in [0.1, 0.15) is 5.56 Å². The van der Waals surface area contributed by atoms with E-state index in [4.69, 9.17) is 10.5 Å². The Morgan fingerprint density at radius 1 is 1.47 bits per heavy atom. The van der Waals surface area contributed by atoms with Gasteiger partial charge < -0.3 is 10.5 Å². The first-order valence-corrected chi connectivity index (χ1v) is 6.73. The fourth-order valence-corrected chi connectivity index (χ4v) is 2.07. The minimum Gasteiger partial charge on any atom is -0.496 e. The number of nitrogens with two attached hydrogens (primary N) is 1. The number of rotatable bonds is 4. The number of hydrogen-bond donors (Lipinski definition) is 1. The molecule has 0 saturated heterocycles. The molecular weight excluding hydrogens is 245 g/mol. The van der Waals surface area contributed by atoms with Crippen molar-refractivity contribution in [1.82, 2.24) is 0 Å². The third-order valence-corrected chi connectivity index (χ3v) is 3.23. The predicted octanol–water partition coefficient (Wildman–Crippen LogP) is 1.21. The van der Waals surface area contributed by atoms with Gasteiger partial charge in [0, 0.05) is 24.4 Å². The minimum atomic E-state index is -3.61. The zero-order valence-electron chi connectivity index (χ0n) is 9.60. The number of methoxy groups -OCH3 is 1. The first-order valence-electron chi connectivity index (χ1n) is 4.84. The number of sulfone groups is 1. The Morgan fingerprint density at radius 2 is 2.12 bits per heavy atom. The van der Waals surface area contributed by atoms with Crippen LogP contribution < -0.4 is 10.5 Å². The second kappa shape index (κ2) is 5.29. The Bertz CT molecular complexity index is 538. The molecule has 0 unspecified atom stereocenters. The molecule has 4 nitrogen and oxygen atoms in total. The first kappa shape index (κ1) is 13.7. The molecule has 0 radical (unpaired) electrons. The highest BCUT2D eigenvalue weighted by Crippen LogP contribution is 2.26. The lowest BCUT2D eigenvalue weighted by atomic mass is 10.2. The van der Waals surface area contributed by atoms with E-state index in [-0.39, 0.29) is 10.6 Å². The lowest BCUT2D eigenvalue weighted by Gasteiger charge is -2.08. The molecule has 0 aromatic heterocycles. The summed E-state index contributed by atoms with van der Waals surface area (Å²) in [7, 11) is -2.22. The van der Waals surface area contributed by atoms with Gasteiger partial charge in [0.05, 0.1) is 7.11 Å². The van der Waals surface area contributed by atoms with Gasteiger partial charge in [-0.2, -0.15) is 0 Å². The molecule has 0 aliphatic rings. The highest BCUT2D eigenvalue weighted by molar-refractivity contribution is 7.90. The number of halogens is 1. The summed E-state index contributed by atoms with van der Waals surface area (Å²) in [6.07, 6.45) is 4.14. The average Bonchev–Trinajstić information content (AvgIpc) is 2.24. The molecule has 0 atom stereocenters. The van der Waals surface area contributed by atoms with Crippen molar-refractivity contribution in [1.29, 1.82) is 0 Å². The molecule has 1 rings (SSSR count). The highest BCUT2D eigenvalue weighted by Gasteiger charge is 2.16. The van der Waals surface area contributed by atoms with Crippen molar-refractivity contribution in [3.05, 3.63) is 29.6 Å². The molecule has 1 aromatic carbocycles. The van der Waals surface area contributed by atoms with Crippen molar-refractivity contribution in [3.63, 3.8) is 0 Å². The van der Waals surface area contributed by atoms with Gasteiger partial charge in [0.2, 0.25) is 0 Å².